The summed E-state index contributed by atoms with van der Waals surface area (Å²) in [5.74, 6) is -0.486. The van der Waals surface area contributed by atoms with Crippen LogP contribution in [0, 0.1) is 11.3 Å². The van der Waals surface area contributed by atoms with E-state index in [9.17, 15) is 4.79 Å². The normalized spacial score (nSPS) is 9.65. The maximum atomic E-state index is 11.2. The number of hydrogen-bond acceptors (Lipinski definition) is 4. The average molecular weight is 227 g/mol. The summed E-state index contributed by atoms with van der Waals surface area (Å²) in [6, 6.07) is 10.6. The van der Waals surface area contributed by atoms with Crippen molar-refractivity contribution >= 4 is 5.97 Å². The Bertz CT molecular complexity index is 596. The quantitative estimate of drug-likeness (QED) is 0.729. The van der Waals surface area contributed by atoms with Crippen molar-refractivity contribution in [3.63, 3.8) is 0 Å². The van der Waals surface area contributed by atoms with Gasteiger partial charge in [-0.05, 0) is 24.3 Å². The molecule has 5 heteroatoms. The Labute approximate surface area is 97.9 Å². The van der Waals surface area contributed by atoms with Crippen LogP contribution in [0.25, 0.3) is 5.69 Å². The van der Waals surface area contributed by atoms with Gasteiger partial charge >= 0.3 is 5.97 Å². The summed E-state index contributed by atoms with van der Waals surface area (Å²) in [5.41, 5.74) is 1.49. The Morgan fingerprint density at radius 1 is 1.47 bits per heavy atom. The topological polar surface area (TPSA) is 67.9 Å². The van der Waals surface area contributed by atoms with Gasteiger partial charge in [0.15, 0.2) is 5.69 Å². The largest absolute Gasteiger partial charge is 0.464 e. The standard InChI is InChI=1S/C12H9N3O2/c1-17-12(16)11-5-6-15(14-11)10-4-2-3-9(7-10)8-13/h2-7H,1H3. The molecule has 0 aliphatic rings. The SMILES string of the molecule is COC(=O)c1ccn(-c2cccc(C#N)c2)n1. The van der Waals surface area contributed by atoms with Crippen LogP contribution in [0.5, 0.6) is 0 Å². The molecule has 84 valence electrons. The molecule has 0 radical (unpaired) electrons. The molecule has 2 rings (SSSR count). The molecule has 0 unspecified atom stereocenters. The predicted molar refractivity (Wildman–Crippen MR) is 59.6 cm³/mol. The van der Waals surface area contributed by atoms with E-state index in [1.165, 1.54) is 11.8 Å². The molecule has 17 heavy (non-hydrogen) atoms. The number of nitrogens with zero attached hydrogens (tertiary/aromatic N) is 3. The predicted octanol–water partition coefficient (Wildman–Crippen LogP) is 1.53. The number of benzene rings is 1. The van der Waals surface area contributed by atoms with Gasteiger partial charge in [-0.1, -0.05) is 6.07 Å². The maximum absolute atomic E-state index is 11.2. The molecule has 2 aromatic rings. The van der Waals surface area contributed by atoms with Crippen LogP contribution >= 0.6 is 0 Å². The smallest absolute Gasteiger partial charge is 0.358 e. The summed E-state index contributed by atoms with van der Waals surface area (Å²) < 4.78 is 6.08. The van der Waals surface area contributed by atoms with Gasteiger partial charge in [-0.25, -0.2) is 9.48 Å². The molecular weight excluding hydrogens is 218 g/mol. The van der Waals surface area contributed by atoms with Gasteiger partial charge in [-0.15, -0.1) is 0 Å². The van der Waals surface area contributed by atoms with E-state index in [0.29, 0.717) is 5.56 Å². The van der Waals surface area contributed by atoms with E-state index in [2.05, 4.69) is 9.84 Å². The second-order valence-corrected chi connectivity index (χ2v) is 3.30. The van der Waals surface area contributed by atoms with E-state index in [-0.39, 0.29) is 5.69 Å². The molecule has 0 saturated heterocycles. The second-order valence-electron chi connectivity index (χ2n) is 3.30. The van der Waals surface area contributed by atoms with Gasteiger partial charge in [-0.2, -0.15) is 10.4 Å². The molecule has 1 aromatic heterocycles. The first-order valence-corrected chi connectivity index (χ1v) is 4.89. The van der Waals surface area contributed by atoms with Crippen LogP contribution in [-0.2, 0) is 4.74 Å². The molecule has 0 aliphatic heterocycles. The summed E-state index contributed by atoms with van der Waals surface area (Å²) in [5, 5.41) is 12.8. The fraction of sp³-hybridized carbons (Fsp3) is 0.0833. The Kier molecular flexibility index (Phi) is 2.88. The fourth-order valence-corrected chi connectivity index (χ4v) is 1.40. The number of carbonyl (C=O) groups excluding carboxylic acids is 1. The average Bonchev–Trinajstić information content (AvgIpc) is 2.87. The van der Waals surface area contributed by atoms with E-state index < -0.39 is 5.97 Å². The van der Waals surface area contributed by atoms with Crippen LogP contribution in [0.3, 0.4) is 0 Å². The lowest BCUT2D eigenvalue weighted by molar-refractivity contribution is 0.0593. The highest BCUT2D eigenvalue weighted by Gasteiger charge is 2.09. The number of ether oxygens (including phenoxy) is 1. The number of hydrogen-bond donors (Lipinski definition) is 0. The van der Waals surface area contributed by atoms with Gasteiger partial charge in [0.2, 0.25) is 0 Å². The molecule has 1 aromatic carbocycles. The van der Waals surface area contributed by atoms with Crippen molar-refractivity contribution in [2.24, 2.45) is 0 Å². The van der Waals surface area contributed by atoms with Crippen molar-refractivity contribution < 1.29 is 9.53 Å². The van der Waals surface area contributed by atoms with E-state index in [1.54, 1.807) is 36.5 Å². The van der Waals surface area contributed by atoms with E-state index in [0.717, 1.165) is 5.69 Å². The van der Waals surface area contributed by atoms with Crippen LogP contribution < -0.4 is 0 Å². The lowest BCUT2D eigenvalue weighted by Crippen LogP contribution is -2.04. The van der Waals surface area contributed by atoms with Gasteiger partial charge < -0.3 is 4.74 Å². The molecular formula is C12H9N3O2. The first kappa shape index (κ1) is 10.9. The van der Waals surface area contributed by atoms with Crippen molar-refractivity contribution in [2.75, 3.05) is 7.11 Å². The number of esters is 1. The van der Waals surface area contributed by atoms with E-state index in [4.69, 9.17) is 5.26 Å². The molecule has 0 bridgehead atoms. The third-order valence-electron chi connectivity index (χ3n) is 2.22. The third-order valence-corrected chi connectivity index (χ3v) is 2.22. The maximum Gasteiger partial charge on any atom is 0.358 e. The summed E-state index contributed by atoms with van der Waals surface area (Å²) in [6.07, 6.45) is 1.64. The number of carbonyl (C=O) groups is 1. The Hall–Kier alpha value is -2.61. The summed E-state index contributed by atoms with van der Waals surface area (Å²) in [6.45, 7) is 0. The first-order chi connectivity index (χ1) is 8.24. The minimum atomic E-state index is -0.486. The summed E-state index contributed by atoms with van der Waals surface area (Å²) in [7, 11) is 1.30. The molecule has 0 aliphatic carbocycles. The van der Waals surface area contributed by atoms with Crippen molar-refractivity contribution in [3.05, 3.63) is 47.8 Å². The van der Waals surface area contributed by atoms with Gasteiger partial charge in [0.05, 0.1) is 24.4 Å². The first-order valence-electron chi connectivity index (χ1n) is 4.89. The van der Waals surface area contributed by atoms with Crippen molar-refractivity contribution in [1.29, 1.82) is 5.26 Å². The minimum Gasteiger partial charge on any atom is -0.464 e. The molecule has 0 spiro atoms. The van der Waals surface area contributed by atoms with Crippen LogP contribution in [0.2, 0.25) is 0 Å². The molecule has 0 amide bonds. The van der Waals surface area contributed by atoms with Crippen molar-refractivity contribution in [1.82, 2.24) is 9.78 Å². The lowest BCUT2D eigenvalue weighted by atomic mass is 10.2. The number of nitriles is 1. The molecule has 0 N–H and O–H groups in total. The Morgan fingerprint density at radius 2 is 2.29 bits per heavy atom. The molecule has 0 atom stereocenters. The number of rotatable bonds is 2. The molecule has 0 saturated carbocycles. The Balaban J connectivity index is 2.37. The van der Waals surface area contributed by atoms with Gasteiger partial charge in [-0.3, -0.25) is 0 Å². The van der Waals surface area contributed by atoms with E-state index >= 15 is 0 Å². The van der Waals surface area contributed by atoms with Gasteiger partial charge in [0.25, 0.3) is 0 Å². The molecule has 0 fully saturated rings. The fourth-order valence-electron chi connectivity index (χ4n) is 1.40. The second kappa shape index (κ2) is 4.49. The Morgan fingerprint density at radius 3 is 3.00 bits per heavy atom. The molecule has 5 nitrogen and oxygen atoms in total. The van der Waals surface area contributed by atoms with Crippen molar-refractivity contribution in [2.45, 2.75) is 0 Å². The third kappa shape index (κ3) is 2.16. The highest BCUT2D eigenvalue weighted by molar-refractivity contribution is 5.86. The van der Waals surface area contributed by atoms with Crippen LogP contribution in [0.15, 0.2) is 36.5 Å². The van der Waals surface area contributed by atoms with Crippen molar-refractivity contribution in [3.8, 4) is 11.8 Å². The zero-order valence-electron chi connectivity index (χ0n) is 9.12. The van der Waals surface area contributed by atoms with Crippen LogP contribution in [0.1, 0.15) is 16.1 Å². The number of methoxy groups -OCH3 is 1. The zero-order chi connectivity index (χ0) is 12.3. The summed E-state index contributed by atoms with van der Waals surface area (Å²) in [4.78, 5) is 11.2. The monoisotopic (exact) mass is 227 g/mol. The highest BCUT2D eigenvalue weighted by Crippen LogP contribution is 2.10. The van der Waals surface area contributed by atoms with E-state index in [1.807, 2.05) is 6.07 Å². The highest BCUT2D eigenvalue weighted by atomic mass is 16.5. The number of aromatic nitrogens is 2. The van der Waals surface area contributed by atoms with Crippen LogP contribution in [-0.4, -0.2) is 22.9 Å². The lowest BCUT2D eigenvalue weighted by Gasteiger charge is -2.00. The van der Waals surface area contributed by atoms with Gasteiger partial charge in [0, 0.05) is 6.20 Å². The zero-order valence-corrected chi connectivity index (χ0v) is 9.12. The van der Waals surface area contributed by atoms with Crippen LogP contribution in [0.4, 0.5) is 0 Å². The van der Waals surface area contributed by atoms with Gasteiger partial charge in [0.1, 0.15) is 0 Å². The summed E-state index contributed by atoms with van der Waals surface area (Å²) >= 11 is 0. The molecule has 1 heterocycles. The minimum absolute atomic E-state index is 0.231.